The molecule has 1 amide bonds. The third-order valence-corrected chi connectivity index (χ3v) is 1.47. The van der Waals surface area contributed by atoms with Crippen LogP contribution in [0.4, 0.5) is 4.39 Å². The number of nitrogens with zero attached hydrogens (tertiary/aromatic N) is 2. The van der Waals surface area contributed by atoms with Crippen molar-refractivity contribution in [2.75, 3.05) is 6.54 Å². The number of rotatable bonds is 3. The van der Waals surface area contributed by atoms with Crippen LogP contribution in [0.15, 0.2) is 18.2 Å². The van der Waals surface area contributed by atoms with Gasteiger partial charge >= 0.3 is 0 Å². The molecule has 0 radical (unpaired) electrons. The van der Waals surface area contributed by atoms with E-state index in [1.54, 1.807) is 0 Å². The molecule has 0 spiro atoms. The largest absolute Gasteiger partial charge is 0.350 e. The Morgan fingerprint density at radius 1 is 1.64 bits per heavy atom. The fraction of sp³-hybridized carbons (Fsp3) is 0.222. The van der Waals surface area contributed by atoms with Crippen LogP contribution in [0, 0.1) is 17.3 Å². The van der Waals surface area contributed by atoms with Gasteiger partial charge in [-0.2, -0.15) is 9.65 Å². The Kier molecular flexibility index (Phi) is 3.56. The topological polar surface area (TPSA) is 65.8 Å². The van der Waals surface area contributed by atoms with Crippen LogP contribution in [0.5, 0.6) is 0 Å². The molecule has 0 aliphatic rings. The summed E-state index contributed by atoms with van der Waals surface area (Å²) in [6, 6.07) is 5.85. The highest BCUT2D eigenvalue weighted by atomic mass is 19.1. The summed E-state index contributed by atoms with van der Waals surface area (Å²) in [6.45, 7) is 0.244. The van der Waals surface area contributed by atoms with Crippen LogP contribution in [0.2, 0.25) is 0 Å². The Balaban J connectivity index is 2.57. The summed E-state index contributed by atoms with van der Waals surface area (Å²) in [6.07, 6.45) is 0.223. The van der Waals surface area contributed by atoms with Crippen LogP contribution in [-0.2, 0) is 0 Å². The van der Waals surface area contributed by atoms with Gasteiger partial charge in [-0.1, -0.05) is 6.07 Å². The molecule has 5 heteroatoms. The Morgan fingerprint density at radius 2 is 2.43 bits per heavy atom. The standard InChI is InChI=1S/C9H8FN3O/c10-8-4-1-3-7(13-8)9(14)12-6-2-5-11/h1,3-4H,2,6H2,(H,12,14). The molecule has 1 N–H and O–H groups in total. The average Bonchev–Trinajstić information content (AvgIpc) is 2.18. The Bertz CT molecular complexity index is 373. The second kappa shape index (κ2) is 4.92. The molecule has 0 atom stereocenters. The van der Waals surface area contributed by atoms with Gasteiger partial charge in [-0.15, -0.1) is 0 Å². The van der Waals surface area contributed by atoms with Crippen molar-refractivity contribution < 1.29 is 9.18 Å². The van der Waals surface area contributed by atoms with Gasteiger partial charge in [-0.25, -0.2) is 4.98 Å². The highest BCUT2D eigenvalue weighted by molar-refractivity contribution is 5.92. The van der Waals surface area contributed by atoms with Crippen LogP contribution >= 0.6 is 0 Å². The number of hydrogen-bond donors (Lipinski definition) is 1. The summed E-state index contributed by atoms with van der Waals surface area (Å²) in [5.41, 5.74) is 0.0166. The molecule has 1 heterocycles. The van der Waals surface area contributed by atoms with Crippen LogP contribution in [0.25, 0.3) is 0 Å². The van der Waals surface area contributed by atoms with Gasteiger partial charge in [0.05, 0.1) is 12.5 Å². The van der Waals surface area contributed by atoms with Gasteiger partial charge in [0.25, 0.3) is 5.91 Å². The zero-order valence-electron chi connectivity index (χ0n) is 7.33. The number of nitrogens with one attached hydrogen (secondary N) is 1. The molecule has 1 aromatic heterocycles. The van der Waals surface area contributed by atoms with Crippen molar-refractivity contribution >= 4 is 5.91 Å². The van der Waals surface area contributed by atoms with E-state index in [1.807, 2.05) is 6.07 Å². The maximum absolute atomic E-state index is 12.6. The Hall–Kier alpha value is -1.96. The third-order valence-electron chi connectivity index (χ3n) is 1.47. The van der Waals surface area contributed by atoms with Crippen LogP contribution < -0.4 is 5.32 Å². The molecular weight excluding hydrogens is 185 g/mol. The lowest BCUT2D eigenvalue weighted by Crippen LogP contribution is -2.25. The molecule has 0 unspecified atom stereocenters. The monoisotopic (exact) mass is 193 g/mol. The van der Waals surface area contributed by atoms with E-state index >= 15 is 0 Å². The van der Waals surface area contributed by atoms with Crippen LogP contribution in [-0.4, -0.2) is 17.4 Å². The second-order valence-electron chi connectivity index (χ2n) is 2.51. The predicted molar refractivity (Wildman–Crippen MR) is 46.8 cm³/mol. The maximum Gasteiger partial charge on any atom is 0.270 e. The van der Waals surface area contributed by atoms with E-state index in [1.165, 1.54) is 12.1 Å². The first-order valence-electron chi connectivity index (χ1n) is 4.02. The molecule has 0 aliphatic heterocycles. The summed E-state index contributed by atoms with van der Waals surface area (Å²) in [5.74, 6) is -1.17. The number of nitriles is 1. The Morgan fingerprint density at radius 3 is 3.07 bits per heavy atom. The Labute approximate surface area is 80.4 Å². The van der Waals surface area contributed by atoms with E-state index in [-0.39, 0.29) is 18.7 Å². The van der Waals surface area contributed by atoms with Crippen molar-refractivity contribution in [2.45, 2.75) is 6.42 Å². The van der Waals surface area contributed by atoms with Crippen LogP contribution in [0.1, 0.15) is 16.9 Å². The van der Waals surface area contributed by atoms with Crippen LogP contribution in [0.3, 0.4) is 0 Å². The van der Waals surface area contributed by atoms with E-state index in [0.29, 0.717) is 0 Å². The van der Waals surface area contributed by atoms with Gasteiger partial charge in [-0.3, -0.25) is 4.79 Å². The molecule has 0 saturated heterocycles. The first-order valence-corrected chi connectivity index (χ1v) is 4.02. The van der Waals surface area contributed by atoms with Crippen molar-refractivity contribution in [3.8, 4) is 6.07 Å². The van der Waals surface area contributed by atoms with Crippen molar-refractivity contribution in [2.24, 2.45) is 0 Å². The molecule has 0 aromatic carbocycles. The number of carbonyl (C=O) groups is 1. The number of carbonyl (C=O) groups excluding carboxylic acids is 1. The second-order valence-corrected chi connectivity index (χ2v) is 2.51. The molecule has 0 bridgehead atoms. The van der Waals surface area contributed by atoms with Gasteiger partial charge in [0.1, 0.15) is 5.69 Å². The minimum atomic E-state index is -0.696. The number of pyridine rings is 1. The highest BCUT2D eigenvalue weighted by Crippen LogP contribution is 1.97. The zero-order valence-corrected chi connectivity index (χ0v) is 7.33. The third kappa shape index (κ3) is 2.83. The first kappa shape index (κ1) is 10.1. The molecule has 1 rings (SSSR count). The lowest BCUT2D eigenvalue weighted by atomic mass is 10.3. The van der Waals surface area contributed by atoms with Crippen molar-refractivity contribution in [1.29, 1.82) is 5.26 Å². The predicted octanol–water partition coefficient (Wildman–Crippen LogP) is 0.864. The van der Waals surface area contributed by atoms with Crippen molar-refractivity contribution in [3.63, 3.8) is 0 Å². The molecule has 0 saturated carbocycles. The van der Waals surface area contributed by atoms with Gasteiger partial charge in [0.15, 0.2) is 0 Å². The van der Waals surface area contributed by atoms with Gasteiger partial charge in [-0.05, 0) is 12.1 Å². The summed E-state index contributed by atoms with van der Waals surface area (Å²) < 4.78 is 12.6. The molecule has 72 valence electrons. The molecular formula is C9H8FN3O. The molecule has 0 fully saturated rings. The number of aromatic nitrogens is 1. The fourth-order valence-corrected chi connectivity index (χ4v) is 0.857. The summed E-state index contributed by atoms with van der Waals surface area (Å²) in [5, 5.41) is 10.7. The average molecular weight is 193 g/mol. The van der Waals surface area contributed by atoms with E-state index < -0.39 is 11.9 Å². The molecule has 0 aliphatic carbocycles. The minimum absolute atomic E-state index is 0.0166. The number of hydrogen-bond acceptors (Lipinski definition) is 3. The van der Waals surface area contributed by atoms with E-state index in [2.05, 4.69) is 10.3 Å². The van der Waals surface area contributed by atoms with E-state index in [0.717, 1.165) is 6.07 Å². The minimum Gasteiger partial charge on any atom is -0.350 e. The number of amides is 1. The summed E-state index contributed by atoms with van der Waals surface area (Å²) in [7, 11) is 0. The van der Waals surface area contributed by atoms with Crippen molar-refractivity contribution in [3.05, 3.63) is 29.8 Å². The van der Waals surface area contributed by atoms with Gasteiger partial charge in [0, 0.05) is 6.54 Å². The fourth-order valence-electron chi connectivity index (χ4n) is 0.857. The summed E-state index contributed by atoms with van der Waals surface area (Å²) >= 11 is 0. The SMILES string of the molecule is N#CCCNC(=O)c1cccc(F)n1. The lowest BCUT2D eigenvalue weighted by molar-refractivity contribution is 0.0948. The highest BCUT2D eigenvalue weighted by Gasteiger charge is 2.06. The quantitative estimate of drug-likeness (QED) is 0.572. The van der Waals surface area contributed by atoms with E-state index in [9.17, 15) is 9.18 Å². The smallest absolute Gasteiger partial charge is 0.270 e. The molecule has 14 heavy (non-hydrogen) atoms. The molecule has 4 nitrogen and oxygen atoms in total. The lowest BCUT2D eigenvalue weighted by Gasteiger charge is -2.00. The molecule has 1 aromatic rings. The van der Waals surface area contributed by atoms with E-state index in [4.69, 9.17) is 5.26 Å². The van der Waals surface area contributed by atoms with Crippen molar-refractivity contribution in [1.82, 2.24) is 10.3 Å². The normalized spacial score (nSPS) is 9.14. The van der Waals surface area contributed by atoms with Gasteiger partial charge in [0.2, 0.25) is 5.95 Å². The number of halogens is 1. The summed E-state index contributed by atoms with van der Waals surface area (Å²) in [4.78, 5) is 14.6. The maximum atomic E-state index is 12.6. The van der Waals surface area contributed by atoms with Gasteiger partial charge < -0.3 is 5.32 Å². The first-order chi connectivity index (χ1) is 6.74. The zero-order chi connectivity index (χ0) is 10.4.